The Balaban J connectivity index is -0.000000107. The summed E-state index contributed by atoms with van der Waals surface area (Å²) in [6.07, 6.45) is -2.18. The average Bonchev–Trinajstić information content (AvgIpc) is 1.89. The maximum Gasteiger partial charge on any atom is 2.00 e. The summed E-state index contributed by atoms with van der Waals surface area (Å²) in [6, 6.07) is 0. The number of rotatable bonds is 2. The van der Waals surface area contributed by atoms with Gasteiger partial charge in [-0.2, -0.15) is 0 Å². The second kappa shape index (κ2) is 12.9. The van der Waals surface area contributed by atoms with E-state index >= 15 is 0 Å². The third-order valence-electron chi connectivity index (χ3n) is 0.465. The molecule has 0 fully saturated rings. The molecular weight excluding hydrogens is 200 g/mol. The van der Waals surface area contributed by atoms with Crippen molar-refractivity contribution in [3.05, 3.63) is 0 Å². The van der Waals surface area contributed by atoms with Crippen LogP contribution in [0.4, 0.5) is 0 Å². The van der Waals surface area contributed by atoms with Crippen LogP contribution in [0.5, 0.6) is 0 Å². The monoisotopic (exact) mass is 213 g/mol. The first-order valence-corrected chi connectivity index (χ1v) is 2.77. The Morgan fingerprint density at radius 2 is 1.00 bits per heavy atom. The molecule has 0 rings (SSSR count). The summed E-state index contributed by atoms with van der Waals surface area (Å²) in [7, 11) is 0. The van der Waals surface area contributed by atoms with Crippen LogP contribution < -0.4 is 33.1 Å². The van der Waals surface area contributed by atoms with E-state index in [1.807, 2.05) is 0 Å². The van der Waals surface area contributed by atoms with Crippen molar-refractivity contribution >= 4 is 0 Å². The summed E-state index contributed by atoms with van der Waals surface area (Å²) in [5, 5.41) is 19.1. The van der Waals surface area contributed by atoms with Gasteiger partial charge in [0, 0.05) is 0 Å². The van der Waals surface area contributed by atoms with Crippen LogP contribution in [-0.2, 0) is 17.1 Å². The fourth-order valence-electron chi connectivity index (χ4n) is 0. The molecule has 0 bridgehead atoms. The molecule has 0 spiro atoms. The average molecular weight is 214 g/mol. The van der Waals surface area contributed by atoms with Crippen LogP contribution in [0.15, 0.2) is 0 Å². The van der Waals surface area contributed by atoms with Crippen molar-refractivity contribution in [2.24, 2.45) is 22.9 Å². The zero-order chi connectivity index (χ0) is 8.57. The molecule has 73 valence electrons. The van der Waals surface area contributed by atoms with Gasteiger partial charge in [0.25, 0.3) is 0 Å². The van der Waals surface area contributed by atoms with Crippen LogP contribution in [-0.4, -0.2) is 25.5 Å². The molecule has 0 aromatic rings. The van der Waals surface area contributed by atoms with Gasteiger partial charge < -0.3 is 33.1 Å². The fraction of sp³-hybridized carbons (Fsp3) is 1.00. The van der Waals surface area contributed by atoms with Gasteiger partial charge in [0.1, 0.15) is 0 Å². The summed E-state index contributed by atoms with van der Waals surface area (Å²) in [6.45, 7) is 0.0556. The van der Waals surface area contributed by atoms with Gasteiger partial charge in [-0.15, -0.1) is 0 Å². The molecule has 0 aliphatic heterocycles. The van der Waals surface area contributed by atoms with Crippen molar-refractivity contribution in [2.75, 3.05) is 13.1 Å². The Hall–Kier alpha value is 0.279. The van der Waals surface area contributed by atoms with Crippen molar-refractivity contribution in [1.29, 1.82) is 0 Å². The SMILES string of the molecule is NCC(N)[O-].NCC(N)[O-].[Cu+2]. The third kappa shape index (κ3) is 38.5. The quantitative estimate of drug-likeness (QED) is 0.267. The van der Waals surface area contributed by atoms with Gasteiger partial charge in [0.05, 0.1) is 0 Å². The molecule has 0 amide bonds. The first-order valence-electron chi connectivity index (χ1n) is 2.77. The minimum Gasteiger partial charge on any atom is -0.840 e. The number of nitrogens with two attached hydrogens (primary N) is 4. The topological polar surface area (TPSA) is 150 Å². The molecule has 7 heteroatoms. The summed E-state index contributed by atoms with van der Waals surface area (Å²) in [5.74, 6) is 0. The zero-order valence-corrected chi connectivity index (χ0v) is 6.94. The third-order valence-corrected chi connectivity index (χ3v) is 0.465. The Morgan fingerprint density at radius 1 is 0.909 bits per heavy atom. The Labute approximate surface area is 76.4 Å². The summed E-state index contributed by atoms with van der Waals surface area (Å²) < 4.78 is 0. The van der Waals surface area contributed by atoms with E-state index in [9.17, 15) is 10.2 Å². The van der Waals surface area contributed by atoms with Crippen molar-refractivity contribution in [3.63, 3.8) is 0 Å². The molecule has 0 aromatic carbocycles. The molecule has 0 aliphatic rings. The molecule has 0 saturated heterocycles. The summed E-state index contributed by atoms with van der Waals surface area (Å²) in [4.78, 5) is 0. The van der Waals surface area contributed by atoms with E-state index in [0.29, 0.717) is 0 Å². The standard InChI is InChI=1S/2C2H7N2O.Cu/c2*3-1-2(4)5;/h2*2H,1,3-4H2;/q2*-1;+2. The van der Waals surface area contributed by atoms with Crippen LogP contribution in [0.2, 0.25) is 0 Å². The maximum absolute atomic E-state index is 9.55. The van der Waals surface area contributed by atoms with Crippen molar-refractivity contribution in [3.8, 4) is 0 Å². The fourth-order valence-corrected chi connectivity index (χ4v) is 0. The Kier molecular flexibility index (Phi) is 20.4. The normalized spacial score (nSPS) is 13.6. The van der Waals surface area contributed by atoms with E-state index < -0.39 is 12.5 Å². The molecule has 1 radical (unpaired) electrons. The molecule has 6 nitrogen and oxygen atoms in total. The van der Waals surface area contributed by atoms with Crippen LogP contribution in [0, 0.1) is 0 Å². The Bertz CT molecular complexity index is 56.1. The van der Waals surface area contributed by atoms with Crippen LogP contribution in [0.1, 0.15) is 0 Å². The minimum absolute atomic E-state index is 0. The van der Waals surface area contributed by atoms with Gasteiger partial charge in [0.15, 0.2) is 0 Å². The van der Waals surface area contributed by atoms with E-state index in [-0.39, 0.29) is 30.2 Å². The molecule has 8 N–H and O–H groups in total. The molecule has 2 unspecified atom stereocenters. The predicted molar refractivity (Wildman–Crippen MR) is 34.1 cm³/mol. The molecular formula is C4H14CuN4O2. The molecule has 0 heterocycles. The second-order valence-corrected chi connectivity index (χ2v) is 1.55. The first kappa shape index (κ1) is 17.4. The molecule has 11 heavy (non-hydrogen) atoms. The summed E-state index contributed by atoms with van der Waals surface area (Å²) >= 11 is 0. The van der Waals surface area contributed by atoms with Gasteiger partial charge in [-0.3, -0.25) is 0 Å². The zero-order valence-electron chi connectivity index (χ0n) is 6.00. The van der Waals surface area contributed by atoms with Crippen molar-refractivity contribution in [1.82, 2.24) is 0 Å². The van der Waals surface area contributed by atoms with Gasteiger partial charge in [-0.25, -0.2) is 0 Å². The molecule has 0 saturated carbocycles. The largest absolute Gasteiger partial charge is 2.00 e. The van der Waals surface area contributed by atoms with E-state index in [1.165, 1.54) is 0 Å². The van der Waals surface area contributed by atoms with Gasteiger partial charge in [-0.05, 0) is 13.1 Å². The molecule has 0 aromatic heterocycles. The van der Waals surface area contributed by atoms with Gasteiger partial charge in [-0.1, -0.05) is 12.5 Å². The predicted octanol–water partition coefficient (Wildman–Crippen LogP) is -4.82. The van der Waals surface area contributed by atoms with Crippen LogP contribution >= 0.6 is 0 Å². The summed E-state index contributed by atoms with van der Waals surface area (Å²) in [5.41, 5.74) is 18.7. The van der Waals surface area contributed by atoms with Crippen LogP contribution in [0.3, 0.4) is 0 Å². The number of hydrogen-bond donors (Lipinski definition) is 4. The van der Waals surface area contributed by atoms with Crippen molar-refractivity contribution < 1.29 is 27.3 Å². The van der Waals surface area contributed by atoms with Gasteiger partial charge in [0.2, 0.25) is 0 Å². The minimum atomic E-state index is -1.09. The Morgan fingerprint density at radius 3 is 1.00 bits per heavy atom. The van der Waals surface area contributed by atoms with Crippen LogP contribution in [0.25, 0.3) is 0 Å². The van der Waals surface area contributed by atoms with Gasteiger partial charge >= 0.3 is 17.1 Å². The van der Waals surface area contributed by atoms with E-state index in [4.69, 9.17) is 11.5 Å². The second-order valence-electron chi connectivity index (χ2n) is 1.55. The van der Waals surface area contributed by atoms with E-state index in [0.717, 1.165) is 0 Å². The molecule has 2 atom stereocenters. The molecule has 0 aliphatic carbocycles. The first-order chi connectivity index (χ1) is 4.54. The smallest absolute Gasteiger partial charge is 0.840 e. The van der Waals surface area contributed by atoms with Crippen molar-refractivity contribution in [2.45, 2.75) is 12.5 Å². The number of hydrogen-bond acceptors (Lipinski definition) is 6. The maximum atomic E-state index is 9.55. The van der Waals surface area contributed by atoms with E-state index in [1.54, 1.807) is 0 Å². The van der Waals surface area contributed by atoms with E-state index in [2.05, 4.69) is 11.5 Å².